The van der Waals surface area contributed by atoms with Gasteiger partial charge in [0.2, 0.25) is 5.95 Å². The number of benzene rings is 1. The molecule has 2 aromatic rings. The van der Waals surface area contributed by atoms with Gasteiger partial charge >= 0.3 is 0 Å². The fraction of sp³-hybridized carbons (Fsp3) is 0.0714. The van der Waals surface area contributed by atoms with Crippen LogP contribution in [0.2, 0.25) is 5.15 Å². The summed E-state index contributed by atoms with van der Waals surface area (Å²) in [5.41, 5.74) is 0.882. The van der Waals surface area contributed by atoms with Crippen molar-refractivity contribution in [1.29, 1.82) is 0 Å². The summed E-state index contributed by atoms with van der Waals surface area (Å²) in [4.78, 5) is 19.4. The Morgan fingerprint density at radius 3 is 2.70 bits per heavy atom. The van der Waals surface area contributed by atoms with E-state index in [0.29, 0.717) is 0 Å². The zero-order chi connectivity index (χ0) is 14.4. The van der Waals surface area contributed by atoms with Gasteiger partial charge in [0.25, 0.3) is 5.91 Å². The number of hydrogen-bond acceptors (Lipinski definition) is 4. The molecule has 1 N–H and O–H groups in total. The molecule has 6 heteroatoms. The molecular formula is C14H12ClN3O2. The second-order valence-corrected chi connectivity index (χ2v) is 4.19. The summed E-state index contributed by atoms with van der Waals surface area (Å²) >= 11 is 5.70. The largest absolute Gasteiger partial charge is 0.497 e. The number of halogens is 1. The Morgan fingerprint density at radius 2 is 2.05 bits per heavy atom. The van der Waals surface area contributed by atoms with Crippen LogP contribution in [0.5, 0.6) is 5.75 Å². The number of nitrogens with one attached hydrogen (secondary N) is 1. The van der Waals surface area contributed by atoms with Crippen LogP contribution in [0, 0.1) is 0 Å². The van der Waals surface area contributed by atoms with Gasteiger partial charge in [0, 0.05) is 12.3 Å². The summed E-state index contributed by atoms with van der Waals surface area (Å²) < 4.78 is 5.05. The second-order valence-electron chi connectivity index (χ2n) is 3.80. The number of aromatic nitrogens is 2. The van der Waals surface area contributed by atoms with Crippen LogP contribution in [-0.4, -0.2) is 23.0 Å². The van der Waals surface area contributed by atoms with Crippen molar-refractivity contribution in [2.75, 3.05) is 12.4 Å². The van der Waals surface area contributed by atoms with Crippen molar-refractivity contribution in [2.24, 2.45) is 0 Å². The summed E-state index contributed by atoms with van der Waals surface area (Å²) in [6.07, 6.45) is 4.55. The Bertz CT molecular complexity index is 627. The van der Waals surface area contributed by atoms with Gasteiger partial charge in [-0.2, -0.15) is 0 Å². The molecule has 1 heterocycles. The van der Waals surface area contributed by atoms with Gasteiger partial charge in [-0.1, -0.05) is 23.7 Å². The molecule has 0 saturated heterocycles. The Balaban J connectivity index is 1.98. The van der Waals surface area contributed by atoms with Crippen molar-refractivity contribution in [1.82, 2.24) is 9.97 Å². The maximum absolute atomic E-state index is 11.7. The number of carbonyl (C=O) groups is 1. The van der Waals surface area contributed by atoms with Gasteiger partial charge in [0.1, 0.15) is 10.9 Å². The van der Waals surface area contributed by atoms with E-state index >= 15 is 0 Å². The Labute approximate surface area is 121 Å². The molecule has 20 heavy (non-hydrogen) atoms. The van der Waals surface area contributed by atoms with Crippen LogP contribution in [-0.2, 0) is 4.79 Å². The summed E-state index contributed by atoms with van der Waals surface area (Å²) in [5, 5.41) is 2.79. The molecule has 1 aromatic heterocycles. The molecule has 2 rings (SSSR count). The van der Waals surface area contributed by atoms with Crippen LogP contribution in [0.4, 0.5) is 5.95 Å². The molecule has 0 atom stereocenters. The van der Waals surface area contributed by atoms with E-state index in [4.69, 9.17) is 16.3 Å². The third kappa shape index (κ3) is 4.07. The molecule has 0 saturated carbocycles. The molecule has 0 radical (unpaired) electrons. The predicted octanol–water partition coefficient (Wildman–Crippen LogP) is 2.79. The van der Waals surface area contributed by atoms with Crippen LogP contribution in [0.3, 0.4) is 0 Å². The van der Waals surface area contributed by atoms with Crippen LogP contribution < -0.4 is 10.1 Å². The lowest BCUT2D eigenvalue weighted by Gasteiger charge is -2.00. The first-order valence-corrected chi connectivity index (χ1v) is 6.17. The lowest BCUT2D eigenvalue weighted by Crippen LogP contribution is -2.10. The minimum Gasteiger partial charge on any atom is -0.497 e. The van der Waals surface area contributed by atoms with Crippen LogP contribution >= 0.6 is 11.6 Å². The summed E-state index contributed by atoms with van der Waals surface area (Å²) in [7, 11) is 1.60. The highest BCUT2D eigenvalue weighted by Crippen LogP contribution is 2.12. The minimum absolute atomic E-state index is 0.168. The van der Waals surface area contributed by atoms with Gasteiger partial charge in [0.15, 0.2) is 0 Å². The lowest BCUT2D eigenvalue weighted by molar-refractivity contribution is -0.111. The normalized spacial score (nSPS) is 10.5. The highest BCUT2D eigenvalue weighted by Gasteiger charge is 2.01. The van der Waals surface area contributed by atoms with E-state index in [9.17, 15) is 4.79 Å². The fourth-order valence-corrected chi connectivity index (χ4v) is 1.57. The van der Waals surface area contributed by atoms with Gasteiger partial charge < -0.3 is 4.74 Å². The fourth-order valence-electron chi connectivity index (χ4n) is 1.44. The van der Waals surface area contributed by atoms with E-state index in [1.54, 1.807) is 13.2 Å². The molecule has 0 aliphatic rings. The van der Waals surface area contributed by atoms with E-state index in [0.717, 1.165) is 11.3 Å². The van der Waals surface area contributed by atoms with Gasteiger partial charge in [-0.25, -0.2) is 9.97 Å². The van der Waals surface area contributed by atoms with Gasteiger partial charge in [-0.15, -0.1) is 0 Å². The van der Waals surface area contributed by atoms with Crippen molar-refractivity contribution in [2.45, 2.75) is 0 Å². The van der Waals surface area contributed by atoms with Gasteiger partial charge in [0.05, 0.1) is 7.11 Å². The highest BCUT2D eigenvalue weighted by molar-refractivity contribution is 6.29. The Morgan fingerprint density at radius 1 is 1.30 bits per heavy atom. The lowest BCUT2D eigenvalue weighted by atomic mass is 10.2. The quantitative estimate of drug-likeness (QED) is 0.694. The first-order chi connectivity index (χ1) is 9.67. The Kier molecular flexibility index (Phi) is 4.68. The number of anilines is 1. The second kappa shape index (κ2) is 6.68. The third-order valence-electron chi connectivity index (χ3n) is 2.40. The van der Waals surface area contributed by atoms with E-state index < -0.39 is 0 Å². The number of rotatable bonds is 4. The molecule has 0 bridgehead atoms. The van der Waals surface area contributed by atoms with E-state index in [-0.39, 0.29) is 17.0 Å². The van der Waals surface area contributed by atoms with E-state index in [2.05, 4.69) is 15.3 Å². The SMILES string of the molecule is COc1ccc(/C=C/C(=O)Nc2nccc(Cl)n2)cc1. The van der Waals surface area contributed by atoms with Crippen LogP contribution in [0.15, 0.2) is 42.6 Å². The number of amides is 1. The monoisotopic (exact) mass is 289 g/mol. The van der Waals surface area contributed by atoms with Crippen molar-refractivity contribution in [3.05, 3.63) is 53.3 Å². The number of carbonyl (C=O) groups excluding carboxylic acids is 1. The molecule has 0 fully saturated rings. The third-order valence-corrected chi connectivity index (χ3v) is 2.61. The maximum Gasteiger partial charge on any atom is 0.250 e. The number of hydrogen-bond donors (Lipinski definition) is 1. The molecule has 0 aliphatic carbocycles. The smallest absolute Gasteiger partial charge is 0.250 e. The average Bonchev–Trinajstić information content (AvgIpc) is 2.46. The number of nitrogens with zero attached hydrogens (tertiary/aromatic N) is 2. The van der Waals surface area contributed by atoms with Crippen LogP contribution in [0.25, 0.3) is 6.08 Å². The number of ether oxygens (including phenoxy) is 1. The van der Waals surface area contributed by atoms with Crippen molar-refractivity contribution >= 4 is 29.5 Å². The zero-order valence-corrected chi connectivity index (χ0v) is 11.5. The van der Waals surface area contributed by atoms with E-state index in [1.807, 2.05) is 24.3 Å². The zero-order valence-electron chi connectivity index (χ0n) is 10.7. The minimum atomic E-state index is -0.330. The average molecular weight is 290 g/mol. The predicted molar refractivity (Wildman–Crippen MR) is 77.7 cm³/mol. The Hall–Kier alpha value is -2.40. The van der Waals surface area contributed by atoms with Crippen LogP contribution in [0.1, 0.15) is 5.56 Å². The summed E-state index contributed by atoms with van der Waals surface area (Å²) in [6.45, 7) is 0. The molecule has 5 nitrogen and oxygen atoms in total. The molecule has 0 unspecified atom stereocenters. The van der Waals surface area contributed by atoms with Crippen molar-refractivity contribution in [3.63, 3.8) is 0 Å². The number of methoxy groups -OCH3 is 1. The topological polar surface area (TPSA) is 64.1 Å². The standard InChI is InChI=1S/C14H12ClN3O2/c1-20-11-5-2-10(3-6-11)4-7-13(19)18-14-16-9-8-12(15)17-14/h2-9H,1H3,(H,16,17,18,19)/b7-4+. The molecule has 1 aromatic carbocycles. The molecular weight excluding hydrogens is 278 g/mol. The van der Waals surface area contributed by atoms with E-state index in [1.165, 1.54) is 18.3 Å². The maximum atomic E-state index is 11.7. The molecule has 1 amide bonds. The van der Waals surface area contributed by atoms with Crippen molar-refractivity contribution in [3.8, 4) is 5.75 Å². The van der Waals surface area contributed by atoms with Crippen molar-refractivity contribution < 1.29 is 9.53 Å². The first-order valence-electron chi connectivity index (χ1n) is 5.79. The molecule has 0 aliphatic heterocycles. The van der Waals surface area contributed by atoms with Gasteiger partial charge in [-0.05, 0) is 29.8 Å². The first kappa shape index (κ1) is 14.0. The summed E-state index contributed by atoms with van der Waals surface area (Å²) in [6, 6.07) is 8.86. The molecule has 102 valence electrons. The summed E-state index contributed by atoms with van der Waals surface area (Å²) in [5.74, 6) is 0.601. The molecule has 0 spiro atoms. The van der Waals surface area contributed by atoms with Gasteiger partial charge in [-0.3, -0.25) is 10.1 Å². The highest BCUT2D eigenvalue weighted by atomic mass is 35.5.